The number of hydrogen-bond acceptors (Lipinski definition) is 4. The zero-order chi connectivity index (χ0) is 14.9. The number of unbranched alkanes of at least 4 members (excludes halogenated alkanes) is 7. The fraction of sp³-hybridized carbons (Fsp3) is 1.00. The minimum absolute atomic E-state index is 0.0955. The van der Waals surface area contributed by atoms with Crippen LogP contribution in [0.4, 0.5) is 0 Å². The maximum atomic E-state index is 5.38. The Morgan fingerprint density at radius 1 is 0.526 bits per heavy atom. The second-order valence-corrected chi connectivity index (χ2v) is 5.38. The standard InChI is InChI=1S/C8H20N2.C7H18N2/c1-2-3-4-5-6-7-8(9)10;1-2-3-4-5-6-7(8)9/h8H,2-7,9-10H2,1H3;7H,2-6,8-9H2,1H3. The molecule has 0 unspecified atom stereocenters. The van der Waals surface area contributed by atoms with Gasteiger partial charge in [-0.3, -0.25) is 0 Å². The van der Waals surface area contributed by atoms with Gasteiger partial charge in [-0.25, -0.2) is 0 Å². The van der Waals surface area contributed by atoms with Gasteiger partial charge in [0, 0.05) is 0 Å². The van der Waals surface area contributed by atoms with Crippen LogP contribution in [0.3, 0.4) is 0 Å². The fourth-order valence-corrected chi connectivity index (χ4v) is 1.79. The van der Waals surface area contributed by atoms with E-state index in [-0.39, 0.29) is 12.3 Å². The molecule has 0 atom stereocenters. The Kier molecular flexibility index (Phi) is 19.9. The summed E-state index contributed by atoms with van der Waals surface area (Å²) in [6, 6.07) is 0. The van der Waals surface area contributed by atoms with Gasteiger partial charge in [-0.15, -0.1) is 0 Å². The zero-order valence-corrected chi connectivity index (χ0v) is 13.2. The molecule has 4 nitrogen and oxygen atoms in total. The molecule has 0 aliphatic rings. The van der Waals surface area contributed by atoms with Crippen molar-refractivity contribution in [1.82, 2.24) is 0 Å². The lowest BCUT2D eigenvalue weighted by atomic mass is 10.1. The van der Waals surface area contributed by atoms with Crippen molar-refractivity contribution in [3.63, 3.8) is 0 Å². The number of hydrogen-bond donors (Lipinski definition) is 4. The highest BCUT2D eigenvalue weighted by Gasteiger charge is 1.93. The van der Waals surface area contributed by atoms with Crippen LogP contribution in [0, 0.1) is 0 Å². The fourth-order valence-electron chi connectivity index (χ4n) is 1.79. The van der Waals surface area contributed by atoms with Crippen LogP contribution < -0.4 is 22.9 Å². The van der Waals surface area contributed by atoms with E-state index >= 15 is 0 Å². The van der Waals surface area contributed by atoms with E-state index in [1.807, 2.05) is 0 Å². The summed E-state index contributed by atoms with van der Waals surface area (Å²) in [5.74, 6) is 0. The van der Waals surface area contributed by atoms with E-state index in [1.165, 1.54) is 57.8 Å². The highest BCUT2D eigenvalue weighted by molar-refractivity contribution is 4.51. The first-order chi connectivity index (χ1) is 9.04. The summed E-state index contributed by atoms with van der Waals surface area (Å²) in [4.78, 5) is 0. The van der Waals surface area contributed by atoms with Gasteiger partial charge >= 0.3 is 0 Å². The molecule has 0 saturated carbocycles. The smallest absolute Gasteiger partial charge is 0.0520 e. The van der Waals surface area contributed by atoms with Gasteiger partial charge in [0.1, 0.15) is 0 Å². The molecule has 0 spiro atoms. The third-order valence-corrected chi connectivity index (χ3v) is 3.03. The van der Waals surface area contributed by atoms with Gasteiger partial charge in [0.15, 0.2) is 0 Å². The van der Waals surface area contributed by atoms with E-state index in [9.17, 15) is 0 Å². The van der Waals surface area contributed by atoms with Crippen molar-refractivity contribution in [2.75, 3.05) is 0 Å². The number of rotatable bonds is 11. The maximum Gasteiger partial charge on any atom is 0.0520 e. The van der Waals surface area contributed by atoms with E-state index < -0.39 is 0 Å². The molecule has 0 bridgehead atoms. The molecule has 0 aliphatic heterocycles. The molecule has 0 aromatic rings. The Hall–Kier alpha value is -0.160. The van der Waals surface area contributed by atoms with Crippen molar-refractivity contribution in [2.24, 2.45) is 22.9 Å². The van der Waals surface area contributed by atoms with Crippen LogP contribution in [0.15, 0.2) is 0 Å². The molecule has 0 fully saturated rings. The molecule has 4 heteroatoms. The van der Waals surface area contributed by atoms with Crippen LogP contribution in [0.2, 0.25) is 0 Å². The van der Waals surface area contributed by atoms with Crippen LogP contribution in [0.1, 0.15) is 84.5 Å². The van der Waals surface area contributed by atoms with Crippen LogP contribution in [-0.2, 0) is 0 Å². The third-order valence-electron chi connectivity index (χ3n) is 3.03. The molecular weight excluding hydrogens is 236 g/mol. The van der Waals surface area contributed by atoms with E-state index in [2.05, 4.69) is 13.8 Å². The lowest BCUT2D eigenvalue weighted by molar-refractivity contribution is 0.551. The maximum absolute atomic E-state index is 5.38. The predicted octanol–water partition coefficient (Wildman–Crippen LogP) is 2.79. The molecule has 118 valence electrons. The van der Waals surface area contributed by atoms with E-state index in [0.717, 1.165) is 12.8 Å². The van der Waals surface area contributed by atoms with E-state index in [0.29, 0.717) is 0 Å². The summed E-state index contributed by atoms with van der Waals surface area (Å²) >= 11 is 0. The van der Waals surface area contributed by atoms with Gasteiger partial charge in [-0.2, -0.15) is 0 Å². The Bertz CT molecular complexity index is 149. The van der Waals surface area contributed by atoms with Crippen molar-refractivity contribution < 1.29 is 0 Å². The molecule has 0 aromatic carbocycles. The lowest BCUT2D eigenvalue weighted by Crippen LogP contribution is -2.29. The Labute approximate surface area is 120 Å². The van der Waals surface area contributed by atoms with Gasteiger partial charge in [0.2, 0.25) is 0 Å². The van der Waals surface area contributed by atoms with Gasteiger partial charge in [-0.05, 0) is 12.8 Å². The average Bonchev–Trinajstić information content (AvgIpc) is 2.35. The van der Waals surface area contributed by atoms with Crippen LogP contribution in [-0.4, -0.2) is 12.3 Å². The summed E-state index contributed by atoms with van der Waals surface area (Å²) < 4.78 is 0. The second-order valence-electron chi connectivity index (χ2n) is 5.38. The van der Waals surface area contributed by atoms with E-state index in [4.69, 9.17) is 22.9 Å². The normalized spacial score (nSPS) is 10.7. The lowest BCUT2D eigenvalue weighted by Gasteiger charge is -2.03. The summed E-state index contributed by atoms with van der Waals surface area (Å²) in [5, 5.41) is 0. The van der Waals surface area contributed by atoms with Gasteiger partial charge in [-0.1, -0.05) is 71.6 Å². The summed E-state index contributed by atoms with van der Waals surface area (Å²) in [7, 11) is 0. The summed E-state index contributed by atoms with van der Waals surface area (Å²) in [6.07, 6.45) is 13.3. The molecule has 8 N–H and O–H groups in total. The first-order valence-electron chi connectivity index (χ1n) is 8.06. The first kappa shape index (κ1) is 21.1. The highest BCUT2D eigenvalue weighted by Crippen LogP contribution is 2.04. The monoisotopic (exact) mass is 274 g/mol. The molecule has 0 saturated heterocycles. The van der Waals surface area contributed by atoms with Gasteiger partial charge in [0.25, 0.3) is 0 Å². The molecule has 0 aromatic heterocycles. The number of nitrogens with two attached hydrogens (primary N) is 4. The highest BCUT2D eigenvalue weighted by atomic mass is 14.8. The molecule has 0 amide bonds. The van der Waals surface area contributed by atoms with E-state index in [1.54, 1.807) is 0 Å². The van der Waals surface area contributed by atoms with Crippen molar-refractivity contribution in [2.45, 2.75) is 96.8 Å². The predicted molar refractivity (Wildman–Crippen MR) is 86.5 cm³/mol. The van der Waals surface area contributed by atoms with Crippen LogP contribution in [0.5, 0.6) is 0 Å². The summed E-state index contributed by atoms with van der Waals surface area (Å²) in [5.41, 5.74) is 21.5. The molecule has 0 rings (SSSR count). The van der Waals surface area contributed by atoms with Crippen molar-refractivity contribution in [3.05, 3.63) is 0 Å². The molecule has 19 heavy (non-hydrogen) atoms. The summed E-state index contributed by atoms with van der Waals surface area (Å²) in [6.45, 7) is 4.41. The second kappa shape index (κ2) is 17.8. The minimum atomic E-state index is -0.0957. The Morgan fingerprint density at radius 2 is 0.842 bits per heavy atom. The Morgan fingerprint density at radius 3 is 1.16 bits per heavy atom. The molecule has 0 radical (unpaired) electrons. The topological polar surface area (TPSA) is 104 Å². The molecular formula is C15H38N4. The SMILES string of the molecule is CCCCCCC(N)N.CCCCCCCC(N)N. The third kappa shape index (κ3) is 27.2. The average molecular weight is 274 g/mol. The van der Waals surface area contributed by atoms with Crippen molar-refractivity contribution in [1.29, 1.82) is 0 Å². The largest absolute Gasteiger partial charge is 0.316 e. The van der Waals surface area contributed by atoms with Crippen LogP contribution >= 0.6 is 0 Å². The first-order valence-corrected chi connectivity index (χ1v) is 8.06. The van der Waals surface area contributed by atoms with Crippen molar-refractivity contribution >= 4 is 0 Å². The van der Waals surface area contributed by atoms with Gasteiger partial charge in [0.05, 0.1) is 12.3 Å². The van der Waals surface area contributed by atoms with Crippen molar-refractivity contribution in [3.8, 4) is 0 Å². The minimum Gasteiger partial charge on any atom is -0.316 e. The molecule has 0 aliphatic carbocycles. The zero-order valence-electron chi connectivity index (χ0n) is 13.2. The van der Waals surface area contributed by atoms with Crippen LogP contribution in [0.25, 0.3) is 0 Å². The quantitative estimate of drug-likeness (QED) is 0.343. The Balaban J connectivity index is 0. The van der Waals surface area contributed by atoms with Gasteiger partial charge < -0.3 is 22.9 Å². The molecule has 0 heterocycles.